The molecule has 0 unspecified atom stereocenters. The van der Waals surface area contributed by atoms with E-state index in [9.17, 15) is 9.90 Å². The van der Waals surface area contributed by atoms with Gasteiger partial charge in [-0.05, 0) is 31.4 Å². The maximum atomic E-state index is 12.0. The molecule has 0 bridgehead atoms. The van der Waals surface area contributed by atoms with Crippen LogP contribution in [0.2, 0.25) is 0 Å². The van der Waals surface area contributed by atoms with Crippen LogP contribution in [0.4, 0.5) is 5.69 Å². The molecule has 0 saturated heterocycles. The minimum Gasteiger partial charge on any atom is -0.382 e. The lowest BCUT2D eigenvalue weighted by Crippen LogP contribution is -2.48. The number of hydrogen-bond acceptors (Lipinski definition) is 4. The van der Waals surface area contributed by atoms with Crippen molar-refractivity contribution in [3.05, 3.63) is 29.8 Å². The van der Waals surface area contributed by atoms with Crippen LogP contribution in [0.25, 0.3) is 0 Å². The molecule has 1 aliphatic rings. The SMILES string of the molecule is Cc1ccc(NNC(=O)[C@@H](O)[C@@H](N)CC2CCCCC2)cc1. The van der Waals surface area contributed by atoms with Gasteiger partial charge in [-0.25, -0.2) is 0 Å². The number of anilines is 1. The van der Waals surface area contributed by atoms with Gasteiger partial charge in [-0.15, -0.1) is 0 Å². The lowest BCUT2D eigenvalue weighted by molar-refractivity contribution is -0.130. The van der Waals surface area contributed by atoms with Crippen molar-refractivity contribution >= 4 is 11.6 Å². The number of nitrogens with two attached hydrogens (primary N) is 1. The van der Waals surface area contributed by atoms with Crippen LogP contribution in [-0.2, 0) is 4.79 Å². The molecule has 2 atom stereocenters. The molecule has 1 amide bonds. The second kappa shape index (κ2) is 8.15. The summed E-state index contributed by atoms with van der Waals surface area (Å²) in [7, 11) is 0. The van der Waals surface area contributed by atoms with Gasteiger partial charge >= 0.3 is 0 Å². The van der Waals surface area contributed by atoms with Crippen molar-refractivity contribution in [3.63, 3.8) is 0 Å². The number of rotatable bonds is 6. The standard InChI is InChI=1S/C17H27N3O2/c1-12-7-9-14(10-8-12)19-20-17(22)16(21)15(18)11-13-5-3-2-4-6-13/h7-10,13,15-16,19,21H,2-6,11,18H2,1H3,(H,20,22)/t15-,16-/m0/s1. The molecule has 1 fully saturated rings. The molecule has 122 valence electrons. The van der Waals surface area contributed by atoms with E-state index >= 15 is 0 Å². The summed E-state index contributed by atoms with van der Waals surface area (Å²) < 4.78 is 0. The molecule has 1 aromatic carbocycles. The van der Waals surface area contributed by atoms with Crippen molar-refractivity contribution in [2.75, 3.05) is 5.43 Å². The second-order valence-corrected chi connectivity index (χ2v) is 6.33. The number of aryl methyl sites for hydroxylation is 1. The molecular weight excluding hydrogens is 278 g/mol. The van der Waals surface area contributed by atoms with E-state index in [0.29, 0.717) is 12.3 Å². The van der Waals surface area contributed by atoms with Crippen LogP contribution in [0.1, 0.15) is 44.1 Å². The summed E-state index contributed by atoms with van der Waals surface area (Å²) in [6, 6.07) is 7.11. The first kappa shape index (κ1) is 16.8. The van der Waals surface area contributed by atoms with Crippen LogP contribution in [0.5, 0.6) is 0 Å². The van der Waals surface area contributed by atoms with Crippen LogP contribution in [-0.4, -0.2) is 23.2 Å². The van der Waals surface area contributed by atoms with E-state index in [1.165, 1.54) is 19.3 Å². The lowest BCUT2D eigenvalue weighted by Gasteiger charge is -2.26. The molecular formula is C17H27N3O2. The molecule has 1 aromatic rings. The first-order chi connectivity index (χ1) is 10.6. The number of hydrogen-bond donors (Lipinski definition) is 4. The second-order valence-electron chi connectivity index (χ2n) is 6.33. The minimum atomic E-state index is -1.18. The Bertz CT molecular complexity index is 469. The zero-order valence-electron chi connectivity index (χ0n) is 13.2. The Morgan fingerprint density at radius 2 is 1.91 bits per heavy atom. The van der Waals surface area contributed by atoms with Crippen molar-refractivity contribution in [1.29, 1.82) is 0 Å². The number of aliphatic hydroxyl groups excluding tert-OH is 1. The van der Waals surface area contributed by atoms with Gasteiger partial charge in [-0.1, -0.05) is 49.8 Å². The topological polar surface area (TPSA) is 87.4 Å². The molecule has 22 heavy (non-hydrogen) atoms. The highest BCUT2D eigenvalue weighted by Crippen LogP contribution is 2.27. The molecule has 0 aromatic heterocycles. The number of amides is 1. The van der Waals surface area contributed by atoms with Crippen molar-refractivity contribution in [3.8, 4) is 0 Å². The quantitative estimate of drug-likeness (QED) is 0.606. The van der Waals surface area contributed by atoms with Gasteiger partial charge in [-0.3, -0.25) is 15.6 Å². The lowest BCUT2D eigenvalue weighted by atomic mass is 9.84. The highest BCUT2D eigenvalue weighted by molar-refractivity contribution is 5.82. The first-order valence-electron chi connectivity index (χ1n) is 8.12. The fourth-order valence-corrected chi connectivity index (χ4v) is 2.98. The van der Waals surface area contributed by atoms with Crippen LogP contribution >= 0.6 is 0 Å². The van der Waals surface area contributed by atoms with Crippen molar-refractivity contribution in [2.45, 2.75) is 57.6 Å². The molecule has 1 aliphatic carbocycles. The zero-order chi connectivity index (χ0) is 15.9. The largest absolute Gasteiger partial charge is 0.382 e. The summed E-state index contributed by atoms with van der Waals surface area (Å²) in [5, 5.41) is 10.1. The smallest absolute Gasteiger partial charge is 0.268 e. The van der Waals surface area contributed by atoms with Gasteiger partial charge < -0.3 is 10.8 Å². The maximum absolute atomic E-state index is 12.0. The fraction of sp³-hybridized carbons (Fsp3) is 0.588. The Labute approximate surface area is 132 Å². The van der Waals surface area contributed by atoms with Gasteiger partial charge in [0, 0.05) is 6.04 Å². The molecule has 1 saturated carbocycles. The van der Waals surface area contributed by atoms with Gasteiger partial charge in [0.05, 0.1) is 5.69 Å². The van der Waals surface area contributed by atoms with Crippen molar-refractivity contribution in [2.24, 2.45) is 11.7 Å². The summed E-state index contributed by atoms with van der Waals surface area (Å²) in [5.41, 5.74) is 13.2. The van der Waals surface area contributed by atoms with Crippen LogP contribution < -0.4 is 16.6 Å². The summed E-state index contributed by atoms with van der Waals surface area (Å²) in [6.07, 6.45) is 5.59. The highest BCUT2D eigenvalue weighted by atomic mass is 16.3. The van der Waals surface area contributed by atoms with Gasteiger partial charge in [0.2, 0.25) is 0 Å². The molecule has 0 spiro atoms. The Kier molecular flexibility index (Phi) is 6.21. The van der Waals surface area contributed by atoms with Crippen LogP contribution in [0.3, 0.4) is 0 Å². The maximum Gasteiger partial charge on any atom is 0.268 e. The summed E-state index contributed by atoms with van der Waals surface area (Å²) in [4.78, 5) is 12.0. The Morgan fingerprint density at radius 1 is 1.27 bits per heavy atom. The highest BCUT2D eigenvalue weighted by Gasteiger charge is 2.26. The van der Waals surface area contributed by atoms with Gasteiger partial charge in [0.25, 0.3) is 5.91 Å². The van der Waals surface area contributed by atoms with Gasteiger partial charge in [0.1, 0.15) is 6.10 Å². The predicted octanol–water partition coefficient (Wildman–Crippen LogP) is 2.10. The minimum absolute atomic E-state index is 0.483. The number of nitrogens with one attached hydrogen (secondary N) is 2. The van der Waals surface area contributed by atoms with Crippen LogP contribution in [0.15, 0.2) is 24.3 Å². The van der Waals surface area contributed by atoms with E-state index in [-0.39, 0.29) is 0 Å². The number of hydrazine groups is 1. The molecule has 0 radical (unpaired) electrons. The average Bonchev–Trinajstić information content (AvgIpc) is 2.54. The Hall–Kier alpha value is -1.59. The fourth-order valence-electron chi connectivity index (χ4n) is 2.98. The van der Waals surface area contributed by atoms with E-state index in [2.05, 4.69) is 10.9 Å². The summed E-state index contributed by atoms with van der Waals surface area (Å²) in [5.74, 6) is 0.0557. The molecule has 0 aliphatic heterocycles. The predicted molar refractivity (Wildman–Crippen MR) is 88.1 cm³/mol. The van der Waals surface area contributed by atoms with Crippen molar-refractivity contribution in [1.82, 2.24) is 5.43 Å². The molecule has 2 rings (SSSR count). The molecule has 5 heteroatoms. The third kappa shape index (κ3) is 5.00. The van der Waals surface area contributed by atoms with Crippen LogP contribution in [0, 0.1) is 12.8 Å². The molecule has 0 heterocycles. The normalized spacial score (nSPS) is 18.5. The van der Waals surface area contributed by atoms with E-state index < -0.39 is 18.1 Å². The summed E-state index contributed by atoms with van der Waals surface area (Å²) in [6.45, 7) is 2.00. The van der Waals surface area contributed by atoms with Crippen molar-refractivity contribution < 1.29 is 9.90 Å². The molecule has 5 N–H and O–H groups in total. The number of benzene rings is 1. The van der Waals surface area contributed by atoms with Gasteiger partial charge in [-0.2, -0.15) is 0 Å². The number of aliphatic hydroxyl groups is 1. The average molecular weight is 305 g/mol. The van der Waals surface area contributed by atoms with E-state index in [4.69, 9.17) is 5.73 Å². The summed E-state index contributed by atoms with van der Waals surface area (Å²) >= 11 is 0. The number of carbonyl (C=O) groups excluding carboxylic acids is 1. The monoisotopic (exact) mass is 305 g/mol. The van der Waals surface area contributed by atoms with Gasteiger partial charge in [0.15, 0.2) is 0 Å². The first-order valence-corrected chi connectivity index (χ1v) is 8.12. The Morgan fingerprint density at radius 3 is 2.55 bits per heavy atom. The third-order valence-corrected chi connectivity index (χ3v) is 4.39. The number of carbonyl (C=O) groups is 1. The third-order valence-electron chi connectivity index (χ3n) is 4.39. The zero-order valence-corrected chi connectivity index (χ0v) is 13.2. The Balaban J connectivity index is 1.76. The van der Waals surface area contributed by atoms with E-state index in [1.807, 2.05) is 31.2 Å². The molecule has 5 nitrogen and oxygen atoms in total. The van der Waals surface area contributed by atoms with E-state index in [0.717, 1.165) is 24.1 Å². The van der Waals surface area contributed by atoms with E-state index in [1.54, 1.807) is 0 Å².